The van der Waals surface area contributed by atoms with Crippen LogP contribution in [-0.2, 0) is 6.61 Å². The highest BCUT2D eigenvalue weighted by molar-refractivity contribution is 9.10. The molecular formula is C21H16BrN3O4. The number of amides is 1. The molecule has 0 atom stereocenters. The van der Waals surface area contributed by atoms with Gasteiger partial charge in [0.15, 0.2) is 0 Å². The molecule has 1 amide bonds. The third-order valence-corrected chi connectivity index (χ3v) is 4.43. The predicted molar refractivity (Wildman–Crippen MR) is 113 cm³/mol. The van der Waals surface area contributed by atoms with Crippen molar-refractivity contribution in [2.24, 2.45) is 5.10 Å². The van der Waals surface area contributed by atoms with Crippen molar-refractivity contribution in [3.05, 3.63) is 104 Å². The minimum atomic E-state index is -0.442. The summed E-state index contributed by atoms with van der Waals surface area (Å²) in [5, 5.41) is 14.7. The zero-order valence-corrected chi connectivity index (χ0v) is 16.7. The summed E-state index contributed by atoms with van der Waals surface area (Å²) in [6, 6.07) is 20.4. The zero-order chi connectivity index (χ0) is 20.6. The third kappa shape index (κ3) is 5.98. The second-order valence-corrected chi connectivity index (χ2v) is 6.91. The van der Waals surface area contributed by atoms with Crippen LogP contribution < -0.4 is 10.2 Å². The van der Waals surface area contributed by atoms with Crippen LogP contribution in [0.5, 0.6) is 5.75 Å². The van der Waals surface area contributed by atoms with E-state index in [-0.39, 0.29) is 18.2 Å². The van der Waals surface area contributed by atoms with Crippen molar-refractivity contribution >= 4 is 33.7 Å². The summed E-state index contributed by atoms with van der Waals surface area (Å²) in [5.74, 6) is 0.311. The van der Waals surface area contributed by atoms with Crippen molar-refractivity contribution in [3.63, 3.8) is 0 Å². The van der Waals surface area contributed by atoms with E-state index in [1.54, 1.807) is 48.5 Å². The summed E-state index contributed by atoms with van der Waals surface area (Å²) >= 11 is 3.32. The number of benzene rings is 3. The molecule has 0 fully saturated rings. The second-order valence-electron chi connectivity index (χ2n) is 5.99. The first-order chi connectivity index (χ1) is 14.0. The first-order valence-electron chi connectivity index (χ1n) is 8.56. The van der Waals surface area contributed by atoms with Gasteiger partial charge in [0.05, 0.1) is 11.1 Å². The van der Waals surface area contributed by atoms with Gasteiger partial charge in [0, 0.05) is 22.2 Å². The molecular weight excluding hydrogens is 438 g/mol. The number of carbonyl (C=O) groups is 1. The molecule has 0 aliphatic rings. The summed E-state index contributed by atoms with van der Waals surface area (Å²) in [5.41, 5.74) is 4.59. The molecule has 0 aliphatic carbocycles. The van der Waals surface area contributed by atoms with E-state index in [1.807, 2.05) is 12.1 Å². The lowest BCUT2D eigenvalue weighted by molar-refractivity contribution is -0.384. The minimum Gasteiger partial charge on any atom is -0.489 e. The Kier molecular flexibility index (Phi) is 6.70. The number of hydrazone groups is 1. The van der Waals surface area contributed by atoms with E-state index < -0.39 is 4.92 Å². The van der Waals surface area contributed by atoms with Crippen molar-refractivity contribution < 1.29 is 14.5 Å². The van der Waals surface area contributed by atoms with Crippen LogP contribution in [0, 0.1) is 10.1 Å². The average molecular weight is 454 g/mol. The maximum absolute atomic E-state index is 12.0. The Labute approximate surface area is 175 Å². The maximum Gasteiger partial charge on any atom is 0.271 e. The van der Waals surface area contributed by atoms with E-state index in [2.05, 4.69) is 26.5 Å². The molecule has 146 valence electrons. The van der Waals surface area contributed by atoms with Crippen molar-refractivity contribution in [2.75, 3.05) is 0 Å². The lowest BCUT2D eigenvalue weighted by atomic mass is 10.2. The molecule has 7 nitrogen and oxygen atoms in total. The Balaban J connectivity index is 1.56. The van der Waals surface area contributed by atoms with Gasteiger partial charge in [-0.1, -0.05) is 28.1 Å². The first-order valence-corrected chi connectivity index (χ1v) is 9.36. The van der Waals surface area contributed by atoms with Gasteiger partial charge in [0.25, 0.3) is 11.6 Å². The lowest BCUT2D eigenvalue weighted by Crippen LogP contribution is -2.17. The van der Waals surface area contributed by atoms with Gasteiger partial charge >= 0.3 is 0 Å². The highest BCUT2D eigenvalue weighted by Crippen LogP contribution is 2.16. The summed E-state index contributed by atoms with van der Waals surface area (Å²) < 4.78 is 6.61. The molecule has 0 radical (unpaired) electrons. The van der Waals surface area contributed by atoms with Crippen LogP contribution in [0.3, 0.4) is 0 Å². The number of carbonyl (C=O) groups excluding carboxylic acids is 1. The molecule has 3 rings (SSSR count). The van der Waals surface area contributed by atoms with E-state index in [0.29, 0.717) is 11.3 Å². The Morgan fingerprint density at radius 1 is 1.10 bits per heavy atom. The molecule has 0 spiro atoms. The van der Waals surface area contributed by atoms with Gasteiger partial charge in [-0.2, -0.15) is 5.10 Å². The van der Waals surface area contributed by atoms with E-state index in [9.17, 15) is 14.9 Å². The molecule has 3 aromatic rings. The smallest absolute Gasteiger partial charge is 0.271 e. The standard InChI is InChI=1S/C21H16BrN3O4/c22-18-8-6-17(7-9-18)21(26)24-23-13-16-2-1-3-20(12-16)29-14-15-4-10-19(11-5-15)25(27)28/h1-13H,14H2,(H,24,26)/b23-13-. The van der Waals surface area contributed by atoms with Gasteiger partial charge in [0.1, 0.15) is 12.4 Å². The number of ether oxygens (including phenoxy) is 1. The van der Waals surface area contributed by atoms with E-state index in [1.165, 1.54) is 18.3 Å². The largest absolute Gasteiger partial charge is 0.489 e. The third-order valence-electron chi connectivity index (χ3n) is 3.90. The number of nitrogens with one attached hydrogen (secondary N) is 1. The molecule has 1 N–H and O–H groups in total. The first kappa shape index (κ1) is 20.2. The Bertz CT molecular complexity index is 1030. The van der Waals surface area contributed by atoms with Gasteiger partial charge in [-0.3, -0.25) is 14.9 Å². The van der Waals surface area contributed by atoms with Gasteiger partial charge in [-0.25, -0.2) is 5.43 Å². The molecule has 0 heterocycles. The number of nitrogens with zero attached hydrogens (tertiary/aromatic N) is 2. The number of nitro groups is 1. The van der Waals surface area contributed by atoms with E-state index >= 15 is 0 Å². The molecule has 0 saturated carbocycles. The van der Waals surface area contributed by atoms with Crippen LogP contribution in [0.4, 0.5) is 5.69 Å². The fraction of sp³-hybridized carbons (Fsp3) is 0.0476. The number of hydrogen-bond donors (Lipinski definition) is 1. The molecule has 3 aromatic carbocycles. The number of nitro benzene ring substituents is 1. The molecule has 0 aliphatic heterocycles. The number of hydrogen-bond acceptors (Lipinski definition) is 5. The predicted octanol–water partition coefficient (Wildman–Crippen LogP) is 4.70. The van der Waals surface area contributed by atoms with Crippen molar-refractivity contribution in [1.82, 2.24) is 5.43 Å². The molecule has 0 aromatic heterocycles. The molecule has 29 heavy (non-hydrogen) atoms. The zero-order valence-electron chi connectivity index (χ0n) is 15.1. The topological polar surface area (TPSA) is 93.8 Å². The minimum absolute atomic E-state index is 0.0390. The van der Waals surface area contributed by atoms with Crippen LogP contribution in [0.25, 0.3) is 0 Å². The Morgan fingerprint density at radius 3 is 2.52 bits per heavy atom. The number of rotatable bonds is 7. The van der Waals surface area contributed by atoms with Crippen molar-refractivity contribution in [3.8, 4) is 5.75 Å². The molecule has 8 heteroatoms. The summed E-state index contributed by atoms with van der Waals surface area (Å²) in [6.07, 6.45) is 1.52. The summed E-state index contributed by atoms with van der Waals surface area (Å²) in [4.78, 5) is 22.3. The summed E-state index contributed by atoms with van der Waals surface area (Å²) in [6.45, 7) is 0.277. The monoisotopic (exact) mass is 453 g/mol. The number of halogens is 1. The fourth-order valence-corrected chi connectivity index (χ4v) is 2.66. The van der Waals surface area contributed by atoms with Crippen LogP contribution in [0.15, 0.2) is 82.4 Å². The van der Waals surface area contributed by atoms with E-state index in [0.717, 1.165) is 15.6 Å². The highest BCUT2D eigenvalue weighted by atomic mass is 79.9. The fourth-order valence-electron chi connectivity index (χ4n) is 2.40. The quantitative estimate of drug-likeness (QED) is 0.318. The van der Waals surface area contributed by atoms with Crippen molar-refractivity contribution in [2.45, 2.75) is 6.61 Å². The lowest BCUT2D eigenvalue weighted by Gasteiger charge is -2.07. The Morgan fingerprint density at radius 2 is 1.83 bits per heavy atom. The van der Waals surface area contributed by atoms with Crippen LogP contribution in [0.2, 0.25) is 0 Å². The van der Waals surface area contributed by atoms with Crippen LogP contribution >= 0.6 is 15.9 Å². The molecule has 0 bridgehead atoms. The summed E-state index contributed by atoms with van der Waals surface area (Å²) in [7, 11) is 0. The van der Waals surface area contributed by atoms with Crippen molar-refractivity contribution in [1.29, 1.82) is 0 Å². The highest BCUT2D eigenvalue weighted by Gasteiger charge is 2.05. The van der Waals surface area contributed by atoms with E-state index in [4.69, 9.17) is 4.74 Å². The van der Waals surface area contributed by atoms with Gasteiger partial charge < -0.3 is 4.74 Å². The normalized spacial score (nSPS) is 10.7. The van der Waals surface area contributed by atoms with Gasteiger partial charge in [-0.05, 0) is 59.7 Å². The van der Waals surface area contributed by atoms with Crippen LogP contribution in [0.1, 0.15) is 21.5 Å². The molecule has 0 unspecified atom stereocenters. The SMILES string of the molecule is O=C(N/N=C\c1cccc(OCc2ccc([N+](=O)[O-])cc2)c1)c1ccc(Br)cc1. The molecule has 0 saturated heterocycles. The van der Waals surface area contributed by atoms with Crippen LogP contribution in [-0.4, -0.2) is 17.0 Å². The average Bonchev–Trinajstić information content (AvgIpc) is 2.73. The van der Waals surface area contributed by atoms with Gasteiger partial charge in [0.2, 0.25) is 0 Å². The second kappa shape index (κ2) is 9.61. The Hall–Kier alpha value is -3.52. The number of non-ortho nitro benzene ring substituents is 1. The van der Waals surface area contributed by atoms with Gasteiger partial charge in [-0.15, -0.1) is 0 Å². The maximum atomic E-state index is 12.0.